The molecule has 0 spiro atoms. The van der Waals surface area contributed by atoms with Gasteiger partial charge in [-0.05, 0) is 25.0 Å². The smallest absolute Gasteiger partial charge is 0.245 e. The van der Waals surface area contributed by atoms with Crippen molar-refractivity contribution in [2.24, 2.45) is 0 Å². The normalized spacial score (nSPS) is 16.4. The van der Waals surface area contributed by atoms with Crippen molar-refractivity contribution in [2.75, 3.05) is 10.6 Å². The number of hydrogen-bond donors (Lipinski definition) is 2. The van der Waals surface area contributed by atoms with Crippen molar-refractivity contribution in [3.63, 3.8) is 0 Å². The Balaban J connectivity index is 1.57. The van der Waals surface area contributed by atoms with Crippen LogP contribution in [0.4, 0.5) is 11.8 Å². The Kier molecular flexibility index (Phi) is 4.66. The molecule has 112 valence electrons. The molecule has 0 aliphatic heterocycles. The van der Waals surface area contributed by atoms with Gasteiger partial charge in [-0.3, -0.25) is 0 Å². The first-order valence-corrected chi connectivity index (χ1v) is 7.63. The van der Waals surface area contributed by atoms with E-state index in [2.05, 4.69) is 25.8 Å². The summed E-state index contributed by atoms with van der Waals surface area (Å²) in [5, 5.41) is 14.6. The number of aromatic nitrogens is 3. The maximum atomic E-state index is 5.27. The number of rotatable bonds is 5. The second-order valence-electron chi connectivity index (χ2n) is 5.43. The van der Waals surface area contributed by atoms with Crippen LogP contribution in [0.25, 0.3) is 0 Å². The molecule has 6 heteroatoms. The predicted molar refractivity (Wildman–Crippen MR) is 81.0 cm³/mol. The van der Waals surface area contributed by atoms with Crippen LogP contribution in [0.1, 0.15) is 44.3 Å². The summed E-state index contributed by atoms with van der Waals surface area (Å²) in [4.78, 5) is 4.46. The summed E-state index contributed by atoms with van der Waals surface area (Å²) in [5.41, 5.74) is 0. The molecular formula is C15H21N5O. The highest BCUT2D eigenvalue weighted by Gasteiger charge is 2.13. The molecule has 0 bridgehead atoms. The summed E-state index contributed by atoms with van der Waals surface area (Å²) in [6, 6.07) is 4.27. The van der Waals surface area contributed by atoms with Crippen molar-refractivity contribution < 1.29 is 4.42 Å². The summed E-state index contributed by atoms with van der Waals surface area (Å²) >= 11 is 0. The van der Waals surface area contributed by atoms with E-state index in [4.69, 9.17) is 4.42 Å². The second-order valence-corrected chi connectivity index (χ2v) is 5.43. The third-order valence-corrected chi connectivity index (χ3v) is 3.77. The molecule has 0 unspecified atom stereocenters. The number of nitrogens with zero attached hydrogens (tertiary/aromatic N) is 3. The molecular weight excluding hydrogens is 266 g/mol. The summed E-state index contributed by atoms with van der Waals surface area (Å²) in [7, 11) is 0. The van der Waals surface area contributed by atoms with Gasteiger partial charge in [0.2, 0.25) is 5.95 Å². The molecule has 0 aromatic carbocycles. The topological polar surface area (TPSA) is 75.9 Å². The van der Waals surface area contributed by atoms with Gasteiger partial charge >= 0.3 is 0 Å². The van der Waals surface area contributed by atoms with Gasteiger partial charge in [-0.1, -0.05) is 25.7 Å². The molecule has 0 radical (unpaired) electrons. The number of hydrogen-bond acceptors (Lipinski definition) is 6. The van der Waals surface area contributed by atoms with Crippen molar-refractivity contribution >= 4 is 11.8 Å². The first-order valence-electron chi connectivity index (χ1n) is 7.63. The van der Waals surface area contributed by atoms with E-state index < -0.39 is 0 Å². The van der Waals surface area contributed by atoms with Crippen LogP contribution in [0, 0.1) is 0 Å². The minimum absolute atomic E-state index is 0.502. The van der Waals surface area contributed by atoms with E-state index in [0.29, 0.717) is 18.5 Å². The quantitative estimate of drug-likeness (QED) is 0.822. The molecule has 6 nitrogen and oxygen atoms in total. The van der Waals surface area contributed by atoms with Gasteiger partial charge in [0.1, 0.15) is 5.76 Å². The Hall–Kier alpha value is -2.11. The lowest BCUT2D eigenvalue weighted by Crippen LogP contribution is -2.19. The molecule has 1 aliphatic carbocycles. The van der Waals surface area contributed by atoms with Crippen LogP contribution >= 0.6 is 0 Å². The highest BCUT2D eigenvalue weighted by atomic mass is 16.3. The van der Waals surface area contributed by atoms with Gasteiger partial charge < -0.3 is 15.1 Å². The maximum Gasteiger partial charge on any atom is 0.245 e. The molecule has 21 heavy (non-hydrogen) atoms. The van der Waals surface area contributed by atoms with Gasteiger partial charge in [0.15, 0.2) is 5.82 Å². The molecule has 2 N–H and O–H groups in total. The first kappa shape index (κ1) is 13.9. The van der Waals surface area contributed by atoms with Crippen molar-refractivity contribution in [3.8, 4) is 0 Å². The van der Waals surface area contributed by atoms with E-state index in [9.17, 15) is 0 Å². The molecule has 1 aliphatic rings. The van der Waals surface area contributed by atoms with Gasteiger partial charge in [0.25, 0.3) is 0 Å². The first-order chi connectivity index (χ1) is 10.4. The largest absolute Gasteiger partial charge is 0.467 e. The zero-order valence-electron chi connectivity index (χ0n) is 12.1. The highest BCUT2D eigenvalue weighted by molar-refractivity contribution is 5.38. The van der Waals surface area contributed by atoms with Crippen molar-refractivity contribution in [1.82, 2.24) is 15.2 Å². The molecule has 2 heterocycles. The fourth-order valence-corrected chi connectivity index (χ4v) is 2.66. The Morgan fingerprint density at radius 2 is 2.05 bits per heavy atom. The SMILES string of the molecule is c1coc(CNc2nncc(NC3CCCCCC3)n2)c1. The predicted octanol–water partition coefficient (Wildman–Crippen LogP) is 3.21. The molecule has 0 amide bonds. The van der Waals surface area contributed by atoms with E-state index in [-0.39, 0.29) is 0 Å². The monoisotopic (exact) mass is 287 g/mol. The molecule has 0 atom stereocenters. The second kappa shape index (κ2) is 7.06. The fraction of sp³-hybridized carbons (Fsp3) is 0.533. The highest BCUT2D eigenvalue weighted by Crippen LogP contribution is 2.20. The van der Waals surface area contributed by atoms with Crippen LogP contribution in [0.3, 0.4) is 0 Å². The average Bonchev–Trinajstić information content (AvgIpc) is 2.90. The minimum atomic E-state index is 0.502. The fourth-order valence-electron chi connectivity index (χ4n) is 2.66. The van der Waals surface area contributed by atoms with E-state index >= 15 is 0 Å². The third-order valence-electron chi connectivity index (χ3n) is 3.77. The third kappa shape index (κ3) is 4.18. The van der Waals surface area contributed by atoms with Crippen LogP contribution in [0.5, 0.6) is 0 Å². The van der Waals surface area contributed by atoms with Gasteiger partial charge in [-0.15, -0.1) is 5.10 Å². The molecule has 2 aromatic rings. The molecule has 2 aromatic heterocycles. The molecule has 3 rings (SSSR count). The Labute approximate surface area is 124 Å². The number of nitrogens with one attached hydrogen (secondary N) is 2. The summed E-state index contributed by atoms with van der Waals surface area (Å²) in [6.45, 7) is 0.557. The van der Waals surface area contributed by atoms with E-state index in [0.717, 1.165) is 11.6 Å². The molecule has 1 fully saturated rings. The van der Waals surface area contributed by atoms with E-state index in [1.165, 1.54) is 38.5 Å². The van der Waals surface area contributed by atoms with E-state index in [1.54, 1.807) is 12.5 Å². The van der Waals surface area contributed by atoms with Crippen LogP contribution in [0.2, 0.25) is 0 Å². The molecule has 0 saturated heterocycles. The lowest BCUT2D eigenvalue weighted by atomic mass is 10.1. The average molecular weight is 287 g/mol. The zero-order valence-corrected chi connectivity index (χ0v) is 12.1. The van der Waals surface area contributed by atoms with Gasteiger partial charge in [0, 0.05) is 6.04 Å². The van der Waals surface area contributed by atoms with Crippen LogP contribution in [0.15, 0.2) is 29.0 Å². The van der Waals surface area contributed by atoms with Gasteiger partial charge in [-0.25, -0.2) is 0 Å². The van der Waals surface area contributed by atoms with Crippen molar-refractivity contribution in [2.45, 2.75) is 51.1 Å². The standard InChI is InChI=1S/C15H21N5O/c1-2-4-7-12(6-3-1)18-14-11-17-20-15(19-14)16-10-13-8-5-9-21-13/h5,8-9,11-12H,1-4,6-7,10H2,(H2,16,18,19,20). The van der Waals surface area contributed by atoms with Crippen molar-refractivity contribution in [3.05, 3.63) is 30.4 Å². The zero-order chi connectivity index (χ0) is 14.3. The van der Waals surface area contributed by atoms with E-state index in [1.807, 2.05) is 12.1 Å². The maximum absolute atomic E-state index is 5.27. The lowest BCUT2D eigenvalue weighted by molar-refractivity contribution is 0.517. The van der Waals surface area contributed by atoms with Crippen LogP contribution in [-0.4, -0.2) is 21.2 Å². The summed E-state index contributed by atoms with van der Waals surface area (Å²) in [5.74, 6) is 2.16. The summed E-state index contributed by atoms with van der Waals surface area (Å²) in [6.07, 6.45) is 11.0. The van der Waals surface area contributed by atoms with Crippen LogP contribution < -0.4 is 10.6 Å². The Bertz CT molecular complexity index is 535. The molecule has 1 saturated carbocycles. The number of furan rings is 1. The summed E-state index contributed by atoms with van der Waals surface area (Å²) < 4.78 is 5.27. The Morgan fingerprint density at radius 1 is 1.19 bits per heavy atom. The van der Waals surface area contributed by atoms with Crippen LogP contribution in [-0.2, 0) is 6.54 Å². The lowest BCUT2D eigenvalue weighted by Gasteiger charge is -2.16. The van der Waals surface area contributed by atoms with Gasteiger partial charge in [-0.2, -0.15) is 10.1 Å². The number of anilines is 2. The minimum Gasteiger partial charge on any atom is -0.467 e. The Morgan fingerprint density at radius 3 is 2.81 bits per heavy atom. The van der Waals surface area contributed by atoms with Crippen molar-refractivity contribution in [1.29, 1.82) is 0 Å². The van der Waals surface area contributed by atoms with Gasteiger partial charge in [0.05, 0.1) is 19.0 Å².